The van der Waals surface area contributed by atoms with Crippen molar-refractivity contribution in [3.8, 4) is 0 Å². The summed E-state index contributed by atoms with van der Waals surface area (Å²) in [4.78, 5) is 16.9. The average molecular weight is 422 g/mol. The van der Waals surface area contributed by atoms with Gasteiger partial charge in [-0.2, -0.15) is 0 Å². The van der Waals surface area contributed by atoms with Crippen molar-refractivity contribution in [3.05, 3.63) is 94.8 Å². The summed E-state index contributed by atoms with van der Waals surface area (Å²) in [5.41, 5.74) is 4.26. The third-order valence-electron chi connectivity index (χ3n) is 5.34. The number of nitrogens with zero attached hydrogens (tertiary/aromatic N) is 1. The molecule has 1 atom stereocenters. The molecule has 0 saturated carbocycles. The lowest BCUT2D eigenvalue weighted by Crippen LogP contribution is -2.35. The van der Waals surface area contributed by atoms with E-state index in [2.05, 4.69) is 15.0 Å². The molecule has 0 fully saturated rings. The second-order valence-electron chi connectivity index (χ2n) is 7.47. The van der Waals surface area contributed by atoms with Crippen LogP contribution in [0.2, 0.25) is 0 Å². The quantitative estimate of drug-likeness (QED) is 0.641. The molecule has 2 aromatic carbocycles. The fraction of sp³-hybridized carbons (Fsp3) is 0.217. The summed E-state index contributed by atoms with van der Waals surface area (Å²) in [6.45, 7) is 2.04. The van der Waals surface area contributed by atoms with E-state index in [1.54, 1.807) is 30.5 Å². The van der Waals surface area contributed by atoms with Crippen molar-refractivity contribution in [3.63, 3.8) is 0 Å². The fourth-order valence-corrected chi connectivity index (χ4v) is 4.71. The van der Waals surface area contributed by atoms with E-state index in [4.69, 9.17) is 0 Å². The van der Waals surface area contributed by atoms with Gasteiger partial charge in [-0.05, 0) is 66.8 Å². The van der Waals surface area contributed by atoms with Crippen LogP contribution in [0, 0.1) is 6.92 Å². The molecule has 1 aliphatic rings. The van der Waals surface area contributed by atoms with Crippen molar-refractivity contribution in [1.82, 2.24) is 15.0 Å². The van der Waals surface area contributed by atoms with Crippen molar-refractivity contribution in [2.45, 2.75) is 37.2 Å². The number of pyridine rings is 1. The van der Waals surface area contributed by atoms with Gasteiger partial charge in [-0.3, -0.25) is 9.78 Å². The lowest BCUT2D eigenvalue weighted by Gasteiger charge is -2.11. The van der Waals surface area contributed by atoms with Gasteiger partial charge in [0.05, 0.1) is 17.1 Å². The Balaban J connectivity index is 1.43. The molecule has 1 heterocycles. The van der Waals surface area contributed by atoms with Gasteiger partial charge < -0.3 is 5.32 Å². The number of carbonyl (C=O) groups excluding carboxylic acids is 1. The van der Waals surface area contributed by atoms with Gasteiger partial charge in [0.25, 0.3) is 5.91 Å². The molecule has 0 bridgehead atoms. The predicted molar refractivity (Wildman–Crippen MR) is 115 cm³/mol. The molecule has 0 saturated heterocycles. The van der Waals surface area contributed by atoms with Gasteiger partial charge in [0.15, 0.2) is 0 Å². The molecule has 4 rings (SSSR count). The van der Waals surface area contributed by atoms with E-state index in [0.29, 0.717) is 24.1 Å². The maximum atomic E-state index is 12.8. The Labute approximate surface area is 176 Å². The highest BCUT2D eigenvalue weighted by molar-refractivity contribution is 7.89. The minimum atomic E-state index is -3.66. The van der Waals surface area contributed by atoms with Gasteiger partial charge in [0.1, 0.15) is 0 Å². The van der Waals surface area contributed by atoms with Crippen LogP contribution in [0.4, 0.5) is 0 Å². The Kier molecular flexibility index (Phi) is 5.65. The summed E-state index contributed by atoms with van der Waals surface area (Å²) in [5.74, 6) is -0.117. The zero-order valence-corrected chi connectivity index (χ0v) is 17.4. The Morgan fingerprint density at radius 3 is 2.57 bits per heavy atom. The SMILES string of the molecule is Cc1cccnc1CNS(=O)(=O)c1ccc2c(c1)C[C@H](NC(=O)c1ccccc1)C2. The molecule has 2 N–H and O–H groups in total. The van der Waals surface area contributed by atoms with E-state index in [-0.39, 0.29) is 23.4 Å². The van der Waals surface area contributed by atoms with Gasteiger partial charge >= 0.3 is 0 Å². The smallest absolute Gasteiger partial charge is 0.251 e. The van der Waals surface area contributed by atoms with Gasteiger partial charge in [-0.15, -0.1) is 0 Å². The first-order chi connectivity index (χ1) is 14.4. The first-order valence-corrected chi connectivity index (χ1v) is 11.3. The van der Waals surface area contributed by atoms with Crippen molar-refractivity contribution >= 4 is 15.9 Å². The molecule has 3 aromatic rings. The topological polar surface area (TPSA) is 88.2 Å². The van der Waals surface area contributed by atoms with Crippen LogP contribution in [0.25, 0.3) is 0 Å². The van der Waals surface area contributed by atoms with E-state index in [0.717, 1.165) is 16.7 Å². The second kappa shape index (κ2) is 8.38. The van der Waals surface area contributed by atoms with Gasteiger partial charge in [-0.1, -0.05) is 30.3 Å². The number of rotatable bonds is 6. The number of nitrogens with one attached hydrogen (secondary N) is 2. The number of hydrogen-bond acceptors (Lipinski definition) is 4. The van der Waals surface area contributed by atoms with Crippen LogP contribution >= 0.6 is 0 Å². The van der Waals surface area contributed by atoms with Gasteiger partial charge in [0.2, 0.25) is 10.0 Å². The van der Waals surface area contributed by atoms with E-state index in [1.165, 1.54) is 0 Å². The number of carbonyl (C=O) groups is 1. The van der Waals surface area contributed by atoms with Gasteiger partial charge in [0, 0.05) is 17.8 Å². The number of hydrogen-bond donors (Lipinski definition) is 2. The molecule has 0 radical (unpaired) electrons. The number of aromatic nitrogens is 1. The second-order valence-corrected chi connectivity index (χ2v) is 9.23. The molecule has 154 valence electrons. The molecular weight excluding hydrogens is 398 g/mol. The number of aryl methyl sites for hydroxylation is 1. The van der Waals surface area contributed by atoms with Crippen molar-refractivity contribution < 1.29 is 13.2 Å². The minimum Gasteiger partial charge on any atom is -0.349 e. The number of fused-ring (bicyclic) bond motifs is 1. The van der Waals surface area contributed by atoms with Crippen LogP contribution < -0.4 is 10.0 Å². The molecule has 1 aromatic heterocycles. The third kappa shape index (κ3) is 4.42. The molecular formula is C23H23N3O3S. The van der Waals surface area contributed by atoms with Crippen LogP contribution in [-0.4, -0.2) is 25.4 Å². The van der Waals surface area contributed by atoms with Crippen LogP contribution in [-0.2, 0) is 29.4 Å². The highest BCUT2D eigenvalue weighted by Crippen LogP contribution is 2.25. The Hall–Kier alpha value is -3.03. The predicted octanol–water partition coefficient (Wildman–Crippen LogP) is 2.77. The molecule has 1 aliphatic carbocycles. The molecule has 0 aliphatic heterocycles. The van der Waals surface area contributed by atoms with Crippen LogP contribution in [0.3, 0.4) is 0 Å². The lowest BCUT2D eigenvalue weighted by atomic mass is 10.1. The maximum Gasteiger partial charge on any atom is 0.251 e. The van der Waals surface area contributed by atoms with Gasteiger partial charge in [-0.25, -0.2) is 13.1 Å². The van der Waals surface area contributed by atoms with Crippen molar-refractivity contribution in [2.24, 2.45) is 0 Å². The molecule has 7 heteroatoms. The van der Waals surface area contributed by atoms with Crippen LogP contribution in [0.1, 0.15) is 32.7 Å². The lowest BCUT2D eigenvalue weighted by molar-refractivity contribution is 0.0938. The zero-order chi connectivity index (χ0) is 21.1. The molecule has 6 nitrogen and oxygen atoms in total. The van der Waals surface area contributed by atoms with E-state index < -0.39 is 10.0 Å². The largest absolute Gasteiger partial charge is 0.349 e. The summed E-state index contributed by atoms with van der Waals surface area (Å²) in [6, 6.07) is 17.9. The van der Waals surface area contributed by atoms with Crippen molar-refractivity contribution in [2.75, 3.05) is 0 Å². The first-order valence-electron chi connectivity index (χ1n) is 9.80. The molecule has 30 heavy (non-hydrogen) atoms. The third-order valence-corrected chi connectivity index (χ3v) is 6.74. The number of benzene rings is 2. The normalized spacial score (nSPS) is 15.6. The summed E-state index contributed by atoms with van der Waals surface area (Å²) in [5, 5.41) is 3.04. The Morgan fingerprint density at radius 1 is 1.03 bits per heavy atom. The fourth-order valence-electron chi connectivity index (χ4n) is 3.67. The highest BCUT2D eigenvalue weighted by atomic mass is 32.2. The summed E-state index contributed by atoms with van der Waals surface area (Å²) >= 11 is 0. The van der Waals surface area contributed by atoms with Crippen LogP contribution in [0.5, 0.6) is 0 Å². The van der Waals surface area contributed by atoms with E-state index in [9.17, 15) is 13.2 Å². The number of sulfonamides is 1. The standard InChI is InChI=1S/C23H23N3O3S/c1-16-6-5-11-24-22(16)15-25-30(28,29)21-10-9-18-12-20(13-19(18)14-21)26-23(27)17-7-3-2-4-8-17/h2-11,14,20,25H,12-13,15H2,1H3,(H,26,27)/t20-/m1/s1. The maximum absolute atomic E-state index is 12.8. The molecule has 0 spiro atoms. The Bertz CT molecular complexity index is 1180. The monoisotopic (exact) mass is 421 g/mol. The Morgan fingerprint density at radius 2 is 1.80 bits per heavy atom. The highest BCUT2D eigenvalue weighted by Gasteiger charge is 2.25. The molecule has 0 unspecified atom stereocenters. The van der Waals surface area contributed by atoms with Crippen LogP contribution in [0.15, 0.2) is 71.8 Å². The average Bonchev–Trinajstić information content (AvgIpc) is 3.15. The van der Waals surface area contributed by atoms with E-state index in [1.807, 2.05) is 43.3 Å². The number of amides is 1. The minimum absolute atomic E-state index is 0.0465. The summed E-state index contributed by atoms with van der Waals surface area (Å²) in [7, 11) is -3.66. The molecule has 1 amide bonds. The summed E-state index contributed by atoms with van der Waals surface area (Å²) in [6.07, 6.45) is 2.95. The van der Waals surface area contributed by atoms with E-state index >= 15 is 0 Å². The van der Waals surface area contributed by atoms with Crippen molar-refractivity contribution in [1.29, 1.82) is 0 Å². The summed E-state index contributed by atoms with van der Waals surface area (Å²) < 4.78 is 28.1. The first kappa shape index (κ1) is 20.3. The zero-order valence-electron chi connectivity index (χ0n) is 16.6.